The van der Waals surface area contributed by atoms with Crippen LogP contribution in [0.4, 0.5) is 0 Å². The van der Waals surface area contributed by atoms with Gasteiger partial charge in [-0.1, -0.05) is 0 Å². The number of nitrogens with one attached hydrogen (secondary N) is 1. The first-order valence-corrected chi connectivity index (χ1v) is 6.16. The molecule has 0 aliphatic rings. The molecule has 0 heterocycles. The molecule has 0 aromatic rings. The molecule has 0 saturated heterocycles. The highest BCUT2D eigenvalue weighted by molar-refractivity contribution is 5.81. The summed E-state index contributed by atoms with van der Waals surface area (Å²) in [5.74, 6) is 0.0182. The Morgan fingerprint density at radius 2 is 1.65 bits per heavy atom. The number of nitrogens with zero attached hydrogens (tertiary/aromatic N) is 2. The number of hydrogen-bond acceptors (Lipinski definition) is 3. The van der Waals surface area contributed by atoms with Crippen LogP contribution < -0.4 is 5.32 Å². The van der Waals surface area contributed by atoms with E-state index < -0.39 is 0 Å². The maximum absolute atomic E-state index is 11.8. The molecule has 0 atom stereocenters. The van der Waals surface area contributed by atoms with Gasteiger partial charge in [0.05, 0.1) is 13.1 Å². The van der Waals surface area contributed by atoms with Crippen molar-refractivity contribution in [1.29, 1.82) is 0 Å². The van der Waals surface area contributed by atoms with Crippen LogP contribution in [-0.4, -0.2) is 60.9 Å². The summed E-state index contributed by atoms with van der Waals surface area (Å²) in [6.07, 6.45) is 0. The minimum atomic E-state index is -0.0464. The van der Waals surface area contributed by atoms with Crippen molar-refractivity contribution < 1.29 is 9.59 Å². The van der Waals surface area contributed by atoms with Crippen molar-refractivity contribution in [2.75, 3.05) is 33.2 Å². The number of carbonyl (C=O) groups is 2. The Morgan fingerprint density at radius 3 is 2.06 bits per heavy atom. The SMILES string of the molecule is CCN(CC)C(=O)CN(C)CC(=O)NC(C)C. The fourth-order valence-corrected chi connectivity index (χ4v) is 1.58. The Bertz CT molecular complexity index is 250. The molecule has 0 radical (unpaired) electrons. The first-order chi connectivity index (χ1) is 7.90. The molecular formula is C12H25N3O2. The molecule has 0 aromatic heterocycles. The van der Waals surface area contributed by atoms with E-state index >= 15 is 0 Å². The average Bonchev–Trinajstić information content (AvgIpc) is 2.17. The number of amides is 2. The van der Waals surface area contributed by atoms with Gasteiger partial charge in [0.2, 0.25) is 11.8 Å². The smallest absolute Gasteiger partial charge is 0.236 e. The Labute approximate surface area is 104 Å². The van der Waals surface area contributed by atoms with Gasteiger partial charge in [-0.3, -0.25) is 14.5 Å². The molecular weight excluding hydrogens is 218 g/mol. The molecule has 1 N–H and O–H groups in total. The Balaban J connectivity index is 4.04. The lowest BCUT2D eigenvalue weighted by atomic mass is 10.3. The predicted molar refractivity (Wildman–Crippen MR) is 68.7 cm³/mol. The van der Waals surface area contributed by atoms with E-state index in [1.54, 1.807) is 16.8 Å². The third kappa shape index (κ3) is 6.94. The molecule has 5 heteroatoms. The first-order valence-electron chi connectivity index (χ1n) is 6.16. The lowest BCUT2D eigenvalue weighted by Crippen LogP contribution is -2.43. The van der Waals surface area contributed by atoms with Gasteiger partial charge >= 0.3 is 0 Å². The van der Waals surface area contributed by atoms with Gasteiger partial charge in [-0.25, -0.2) is 0 Å². The van der Waals surface area contributed by atoms with Gasteiger partial charge < -0.3 is 10.2 Å². The molecule has 17 heavy (non-hydrogen) atoms. The van der Waals surface area contributed by atoms with Gasteiger partial charge in [-0.15, -0.1) is 0 Å². The first kappa shape index (κ1) is 15.9. The summed E-state index contributed by atoms with van der Waals surface area (Å²) in [6, 6.07) is 0.134. The molecule has 0 aromatic carbocycles. The topological polar surface area (TPSA) is 52.7 Å². The van der Waals surface area contributed by atoms with E-state index in [9.17, 15) is 9.59 Å². The van der Waals surface area contributed by atoms with Crippen LogP contribution >= 0.6 is 0 Å². The van der Waals surface area contributed by atoms with Crippen LogP contribution in [0.3, 0.4) is 0 Å². The lowest BCUT2D eigenvalue weighted by Gasteiger charge is -2.23. The molecule has 0 bridgehead atoms. The summed E-state index contributed by atoms with van der Waals surface area (Å²) < 4.78 is 0. The Morgan fingerprint density at radius 1 is 1.12 bits per heavy atom. The lowest BCUT2D eigenvalue weighted by molar-refractivity contribution is -0.132. The van der Waals surface area contributed by atoms with Crippen LogP contribution in [0, 0.1) is 0 Å². The molecule has 0 saturated carbocycles. The van der Waals surface area contributed by atoms with Crippen LogP contribution in [-0.2, 0) is 9.59 Å². The van der Waals surface area contributed by atoms with Gasteiger partial charge in [0.25, 0.3) is 0 Å². The standard InChI is InChI=1S/C12H25N3O2/c1-6-15(7-2)12(17)9-14(5)8-11(16)13-10(3)4/h10H,6-9H2,1-5H3,(H,13,16). The zero-order chi connectivity index (χ0) is 13.4. The van der Waals surface area contributed by atoms with Crippen LogP contribution in [0.2, 0.25) is 0 Å². The summed E-state index contributed by atoms with van der Waals surface area (Å²) >= 11 is 0. The van der Waals surface area contributed by atoms with Crippen molar-refractivity contribution in [3.8, 4) is 0 Å². The van der Waals surface area contributed by atoms with E-state index in [0.29, 0.717) is 13.1 Å². The van der Waals surface area contributed by atoms with Gasteiger partial charge in [0.15, 0.2) is 0 Å². The van der Waals surface area contributed by atoms with Crippen molar-refractivity contribution >= 4 is 11.8 Å². The van der Waals surface area contributed by atoms with Crippen LogP contribution in [0.5, 0.6) is 0 Å². The van der Waals surface area contributed by atoms with Gasteiger partial charge in [-0.2, -0.15) is 0 Å². The van der Waals surface area contributed by atoms with Gasteiger partial charge in [0, 0.05) is 19.1 Å². The van der Waals surface area contributed by atoms with Gasteiger partial charge in [-0.05, 0) is 34.7 Å². The van der Waals surface area contributed by atoms with E-state index in [0.717, 1.165) is 0 Å². The number of rotatable bonds is 7. The second-order valence-corrected chi connectivity index (χ2v) is 4.46. The second kappa shape index (κ2) is 8.06. The third-order valence-electron chi connectivity index (χ3n) is 2.38. The van der Waals surface area contributed by atoms with E-state index in [2.05, 4.69) is 5.32 Å². The highest BCUT2D eigenvalue weighted by Crippen LogP contribution is 1.92. The van der Waals surface area contributed by atoms with Gasteiger partial charge in [0.1, 0.15) is 0 Å². The van der Waals surface area contributed by atoms with Crippen LogP contribution in [0.25, 0.3) is 0 Å². The van der Waals surface area contributed by atoms with E-state index in [4.69, 9.17) is 0 Å². The quantitative estimate of drug-likeness (QED) is 0.700. The largest absolute Gasteiger partial charge is 0.353 e. The van der Waals surface area contributed by atoms with Crippen molar-refractivity contribution in [2.24, 2.45) is 0 Å². The second-order valence-electron chi connectivity index (χ2n) is 4.46. The Kier molecular flexibility index (Phi) is 7.54. The highest BCUT2D eigenvalue weighted by atomic mass is 16.2. The van der Waals surface area contributed by atoms with E-state index in [1.807, 2.05) is 27.7 Å². The molecule has 2 amide bonds. The number of carbonyl (C=O) groups excluding carboxylic acids is 2. The summed E-state index contributed by atoms with van der Waals surface area (Å²) in [7, 11) is 1.78. The molecule has 0 fully saturated rings. The monoisotopic (exact) mass is 243 g/mol. The molecule has 0 aliphatic carbocycles. The van der Waals surface area contributed by atoms with Crippen molar-refractivity contribution in [3.63, 3.8) is 0 Å². The summed E-state index contributed by atoms with van der Waals surface area (Å²) in [5.41, 5.74) is 0. The summed E-state index contributed by atoms with van der Waals surface area (Å²) in [6.45, 7) is 9.69. The maximum Gasteiger partial charge on any atom is 0.236 e. The summed E-state index contributed by atoms with van der Waals surface area (Å²) in [5, 5.41) is 2.80. The molecule has 0 aliphatic heterocycles. The van der Waals surface area contributed by atoms with Crippen LogP contribution in [0.1, 0.15) is 27.7 Å². The zero-order valence-corrected chi connectivity index (χ0v) is 11.6. The fraction of sp³-hybridized carbons (Fsp3) is 0.833. The highest BCUT2D eigenvalue weighted by Gasteiger charge is 2.14. The molecule has 0 rings (SSSR count). The van der Waals surface area contributed by atoms with E-state index in [-0.39, 0.29) is 30.9 Å². The van der Waals surface area contributed by atoms with Crippen molar-refractivity contribution in [3.05, 3.63) is 0 Å². The Hall–Kier alpha value is -1.10. The number of likely N-dealkylation sites (N-methyl/N-ethyl adjacent to an activating group) is 2. The van der Waals surface area contributed by atoms with E-state index in [1.165, 1.54) is 0 Å². The third-order valence-corrected chi connectivity index (χ3v) is 2.38. The minimum absolute atomic E-state index is 0.0464. The minimum Gasteiger partial charge on any atom is -0.353 e. The van der Waals surface area contributed by atoms with Crippen molar-refractivity contribution in [1.82, 2.24) is 15.1 Å². The van der Waals surface area contributed by atoms with Crippen molar-refractivity contribution in [2.45, 2.75) is 33.7 Å². The normalized spacial score (nSPS) is 10.8. The predicted octanol–water partition coefficient (Wildman–Crippen LogP) is 0.311. The molecule has 5 nitrogen and oxygen atoms in total. The molecule has 0 spiro atoms. The fourth-order valence-electron chi connectivity index (χ4n) is 1.58. The maximum atomic E-state index is 11.8. The summed E-state index contributed by atoms with van der Waals surface area (Å²) in [4.78, 5) is 26.7. The number of hydrogen-bond donors (Lipinski definition) is 1. The van der Waals surface area contributed by atoms with Crippen LogP contribution in [0.15, 0.2) is 0 Å². The average molecular weight is 243 g/mol. The molecule has 0 unspecified atom stereocenters. The zero-order valence-electron chi connectivity index (χ0n) is 11.6. The molecule has 100 valence electrons.